The molecule has 2 aliphatic carbocycles. The third-order valence-corrected chi connectivity index (χ3v) is 6.23. The quantitative estimate of drug-likeness (QED) is 0.182. The number of carboxylic acids is 2. The van der Waals surface area contributed by atoms with Crippen molar-refractivity contribution in [3.63, 3.8) is 0 Å². The number of carbonyl (C=O) groups is 3. The van der Waals surface area contributed by atoms with Crippen molar-refractivity contribution in [1.29, 1.82) is 0 Å². The third-order valence-electron chi connectivity index (χ3n) is 6.23. The zero-order valence-electron chi connectivity index (χ0n) is 17.4. The average molecular weight is 460 g/mol. The van der Waals surface area contributed by atoms with Gasteiger partial charge in [0.15, 0.2) is 0 Å². The lowest BCUT2D eigenvalue weighted by Gasteiger charge is -2.30. The third kappa shape index (κ3) is 6.32. The Balaban J connectivity index is 1.77. The maximum Gasteiger partial charge on any atom is 0.314 e. The predicted octanol–water partition coefficient (Wildman–Crippen LogP) is -0.0838. The standard InChI is InChI=1S/C18H28N4O10/c23-16(11-4-2-6-13(22(30)31)15(11)18(26)27)19-7-8-20-32-9-10-3-1-5-12(21(28)29)14(10)17(24)25/h10-15,20H,1-9H2,(H,19,23)(H,24,25)(H,26,27). The average Bonchev–Trinajstić information content (AvgIpc) is 2.74. The number of carbonyl (C=O) groups excluding carboxylic acids is 1. The van der Waals surface area contributed by atoms with Gasteiger partial charge in [-0.25, -0.2) is 5.48 Å². The molecular formula is C18H28N4O10. The molecule has 0 aliphatic heterocycles. The van der Waals surface area contributed by atoms with Gasteiger partial charge in [-0.3, -0.25) is 34.6 Å². The summed E-state index contributed by atoms with van der Waals surface area (Å²) < 4.78 is 0. The Kier molecular flexibility index (Phi) is 9.26. The lowest BCUT2D eigenvalue weighted by molar-refractivity contribution is -0.535. The van der Waals surface area contributed by atoms with Gasteiger partial charge in [0.2, 0.25) is 18.0 Å². The number of hydrogen-bond acceptors (Lipinski definition) is 9. The number of carboxylic acid groups (broad SMARTS) is 2. The number of hydroxylamine groups is 1. The molecule has 2 rings (SSSR count). The molecule has 2 saturated carbocycles. The van der Waals surface area contributed by atoms with E-state index in [4.69, 9.17) is 4.84 Å². The summed E-state index contributed by atoms with van der Waals surface area (Å²) in [6.45, 7) is 0.108. The molecule has 0 bridgehead atoms. The molecule has 2 fully saturated rings. The second-order valence-corrected chi connectivity index (χ2v) is 8.16. The van der Waals surface area contributed by atoms with E-state index in [1.54, 1.807) is 0 Å². The van der Waals surface area contributed by atoms with Crippen LogP contribution in [0.5, 0.6) is 0 Å². The van der Waals surface area contributed by atoms with Crippen molar-refractivity contribution < 1.29 is 39.3 Å². The van der Waals surface area contributed by atoms with Crippen molar-refractivity contribution in [3.05, 3.63) is 20.2 Å². The van der Waals surface area contributed by atoms with Crippen LogP contribution >= 0.6 is 0 Å². The van der Waals surface area contributed by atoms with Crippen LogP contribution in [0.1, 0.15) is 38.5 Å². The number of nitrogens with one attached hydrogen (secondary N) is 2. The summed E-state index contributed by atoms with van der Waals surface area (Å²) in [4.78, 5) is 61.6. The van der Waals surface area contributed by atoms with Crippen LogP contribution in [0.4, 0.5) is 0 Å². The van der Waals surface area contributed by atoms with Gasteiger partial charge >= 0.3 is 11.9 Å². The molecule has 14 nitrogen and oxygen atoms in total. The Morgan fingerprint density at radius 1 is 0.875 bits per heavy atom. The minimum absolute atomic E-state index is 0.0509. The Morgan fingerprint density at radius 2 is 1.44 bits per heavy atom. The van der Waals surface area contributed by atoms with E-state index >= 15 is 0 Å². The van der Waals surface area contributed by atoms with Crippen molar-refractivity contribution >= 4 is 17.8 Å². The lowest BCUT2D eigenvalue weighted by Crippen LogP contribution is -2.49. The number of amides is 1. The summed E-state index contributed by atoms with van der Waals surface area (Å²) in [5.41, 5.74) is 2.55. The fourth-order valence-electron chi connectivity index (χ4n) is 4.70. The van der Waals surface area contributed by atoms with Gasteiger partial charge in [0.25, 0.3) is 0 Å². The van der Waals surface area contributed by atoms with Crippen molar-refractivity contribution in [2.45, 2.75) is 50.6 Å². The number of aliphatic carboxylic acids is 2. The van der Waals surface area contributed by atoms with Gasteiger partial charge in [-0.2, -0.15) is 0 Å². The minimum atomic E-state index is -1.39. The molecule has 6 unspecified atom stereocenters. The lowest BCUT2D eigenvalue weighted by atomic mass is 9.75. The van der Waals surface area contributed by atoms with Gasteiger partial charge in [0, 0.05) is 41.7 Å². The number of nitrogens with zero attached hydrogens (tertiary/aromatic N) is 2. The van der Waals surface area contributed by atoms with Crippen LogP contribution in [0, 0.1) is 43.9 Å². The first kappa shape index (κ1) is 25.4. The second kappa shape index (κ2) is 11.7. The fourth-order valence-corrected chi connectivity index (χ4v) is 4.70. The first-order valence-electron chi connectivity index (χ1n) is 10.5. The fraction of sp³-hybridized carbons (Fsp3) is 0.833. The smallest absolute Gasteiger partial charge is 0.314 e. The molecule has 180 valence electrons. The first-order valence-corrected chi connectivity index (χ1v) is 10.5. The minimum Gasteiger partial charge on any atom is -0.481 e. The summed E-state index contributed by atoms with van der Waals surface area (Å²) in [5, 5.41) is 43.5. The van der Waals surface area contributed by atoms with Crippen LogP contribution in [-0.4, -0.2) is 69.7 Å². The molecule has 1 amide bonds. The first-order chi connectivity index (χ1) is 15.1. The molecule has 0 saturated heterocycles. The molecule has 2 aliphatic rings. The van der Waals surface area contributed by atoms with Gasteiger partial charge in [0.1, 0.15) is 11.8 Å². The molecule has 14 heteroatoms. The highest BCUT2D eigenvalue weighted by Crippen LogP contribution is 2.33. The molecule has 32 heavy (non-hydrogen) atoms. The molecule has 0 heterocycles. The van der Waals surface area contributed by atoms with Crippen LogP contribution in [0.3, 0.4) is 0 Å². The van der Waals surface area contributed by atoms with Crippen molar-refractivity contribution in [2.75, 3.05) is 19.7 Å². The Labute approximate surface area is 182 Å². The highest BCUT2D eigenvalue weighted by molar-refractivity contribution is 5.85. The van der Waals surface area contributed by atoms with Crippen molar-refractivity contribution in [1.82, 2.24) is 10.8 Å². The summed E-state index contributed by atoms with van der Waals surface area (Å²) >= 11 is 0. The second-order valence-electron chi connectivity index (χ2n) is 8.16. The largest absolute Gasteiger partial charge is 0.481 e. The van der Waals surface area contributed by atoms with Crippen LogP contribution in [0.15, 0.2) is 0 Å². The van der Waals surface area contributed by atoms with E-state index in [1.165, 1.54) is 0 Å². The Bertz CT molecular complexity index is 733. The molecule has 0 aromatic rings. The Morgan fingerprint density at radius 3 is 2.00 bits per heavy atom. The highest BCUT2D eigenvalue weighted by atomic mass is 16.6. The number of hydrogen-bond donors (Lipinski definition) is 4. The van der Waals surface area contributed by atoms with E-state index in [9.17, 15) is 44.8 Å². The van der Waals surface area contributed by atoms with Gasteiger partial charge in [-0.1, -0.05) is 0 Å². The summed E-state index contributed by atoms with van der Waals surface area (Å²) in [6.07, 6.45) is 1.94. The molecular weight excluding hydrogens is 432 g/mol. The summed E-state index contributed by atoms with van der Waals surface area (Å²) in [7, 11) is 0. The van der Waals surface area contributed by atoms with Crippen molar-refractivity contribution in [3.8, 4) is 0 Å². The molecule has 4 N–H and O–H groups in total. The van der Waals surface area contributed by atoms with Gasteiger partial charge in [-0.05, 0) is 25.7 Å². The molecule has 0 radical (unpaired) electrons. The zero-order valence-corrected chi connectivity index (χ0v) is 17.4. The Hall–Kier alpha value is -2.87. The number of rotatable bonds is 11. The van der Waals surface area contributed by atoms with E-state index in [-0.39, 0.29) is 39.0 Å². The topological polar surface area (TPSA) is 211 Å². The zero-order chi connectivity index (χ0) is 23.8. The van der Waals surface area contributed by atoms with Gasteiger partial charge < -0.3 is 20.4 Å². The van der Waals surface area contributed by atoms with E-state index in [2.05, 4.69) is 10.8 Å². The van der Waals surface area contributed by atoms with E-state index < -0.39 is 63.4 Å². The van der Waals surface area contributed by atoms with E-state index in [0.29, 0.717) is 19.3 Å². The van der Waals surface area contributed by atoms with Gasteiger partial charge in [0.05, 0.1) is 12.5 Å². The monoisotopic (exact) mass is 460 g/mol. The predicted molar refractivity (Wildman–Crippen MR) is 105 cm³/mol. The maximum atomic E-state index is 12.4. The highest BCUT2D eigenvalue weighted by Gasteiger charge is 2.48. The van der Waals surface area contributed by atoms with Crippen LogP contribution in [-0.2, 0) is 19.2 Å². The number of nitro groups is 2. The molecule has 0 spiro atoms. The SMILES string of the molecule is O=C(NCCNOCC1CCCC([N+](=O)[O-])C1C(=O)O)C1CCCC([N+](=O)[O-])C1C(=O)O. The van der Waals surface area contributed by atoms with Crippen LogP contribution in [0.25, 0.3) is 0 Å². The molecule has 0 aromatic heterocycles. The summed E-state index contributed by atoms with van der Waals surface area (Å²) in [6, 6.07) is -2.46. The summed E-state index contributed by atoms with van der Waals surface area (Å²) in [5.74, 6) is -7.27. The normalized spacial score (nSPS) is 30.2. The van der Waals surface area contributed by atoms with Crippen molar-refractivity contribution in [2.24, 2.45) is 23.7 Å². The van der Waals surface area contributed by atoms with Crippen LogP contribution < -0.4 is 10.8 Å². The molecule has 0 aromatic carbocycles. The van der Waals surface area contributed by atoms with Crippen LogP contribution in [0.2, 0.25) is 0 Å². The molecule has 6 atom stereocenters. The maximum absolute atomic E-state index is 12.4. The van der Waals surface area contributed by atoms with E-state index in [0.717, 1.165) is 0 Å². The van der Waals surface area contributed by atoms with E-state index in [1.807, 2.05) is 0 Å². The van der Waals surface area contributed by atoms with Gasteiger partial charge in [-0.15, -0.1) is 0 Å².